The molecular formula is C15H20FN. The zero-order valence-corrected chi connectivity index (χ0v) is 10.2. The van der Waals surface area contributed by atoms with Crippen molar-refractivity contribution in [1.82, 2.24) is 4.90 Å². The molecule has 0 radical (unpaired) electrons. The molecule has 0 aromatic heterocycles. The number of aryl methyl sites for hydroxylation is 1. The van der Waals surface area contributed by atoms with Gasteiger partial charge in [0.25, 0.3) is 0 Å². The summed E-state index contributed by atoms with van der Waals surface area (Å²) in [6.45, 7) is 2.61. The van der Waals surface area contributed by atoms with Crippen molar-refractivity contribution in [3.8, 4) is 0 Å². The van der Waals surface area contributed by atoms with Gasteiger partial charge < -0.3 is 4.90 Å². The Balaban J connectivity index is 1.56. The molecule has 1 unspecified atom stereocenters. The normalized spacial score (nSPS) is 31.7. The molecule has 1 nitrogen and oxygen atoms in total. The molecule has 4 rings (SSSR count). The van der Waals surface area contributed by atoms with E-state index in [-0.39, 0.29) is 5.82 Å². The molecule has 3 heterocycles. The highest BCUT2D eigenvalue weighted by Crippen LogP contribution is 2.33. The van der Waals surface area contributed by atoms with Crippen LogP contribution in [-0.4, -0.2) is 24.0 Å². The fourth-order valence-electron chi connectivity index (χ4n) is 3.37. The molecule has 17 heavy (non-hydrogen) atoms. The van der Waals surface area contributed by atoms with Crippen LogP contribution in [0.1, 0.15) is 31.2 Å². The van der Waals surface area contributed by atoms with E-state index in [4.69, 9.17) is 0 Å². The van der Waals surface area contributed by atoms with Crippen LogP contribution in [0.3, 0.4) is 0 Å². The monoisotopic (exact) mass is 233 g/mol. The van der Waals surface area contributed by atoms with Gasteiger partial charge in [0.1, 0.15) is 5.82 Å². The van der Waals surface area contributed by atoms with E-state index < -0.39 is 0 Å². The average molecular weight is 233 g/mol. The predicted octanol–water partition coefficient (Wildman–Crippen LogP) is 3.24. The third-order valence-electron chi connectivity index (χ3n) is 4.45. The summed E-state index contributed by atoms with van der Waals surface area (Å²) in [5.41, 5.74) is 1.27. The summed E-state index contributed by atoms with van der Waals surface area (Å²) >= 11 is 0. The SMILES string of the molecule is Fc1ccc(CCC2CC3CCN2CC3)cc1. The van der Waals surface area contributed by atoms with Crippen molar-refractivity contribution in [2.24, 2.45) is 5.92 Å². The summed E-state index contributed by atoms with van der Waals surface area (Å²) in [7, 11) is 0. The molecule has 1 atom stereocenters. The van der Waals surface area contributed by atoms with Crippen molar-refractivity contribution in [2.45, 2.75) is 38.1 Å². The lowest BCUT2D eigenvalue weighted by molar-refractivity contribution is 0.0454. The molecule has 3 aliphatic heterocycles. The lowest BCUT2D eigenvalue weighted by Gasteiger charge is -2.45. The average Bonchev–Trinajstić information content (AvgIpc) is 2.39. The number of nitrogens with zero attached hydrogens (tertiary/aromatic N) is 1. The third-order valence-corrected chi connectivity index (χ3v) is 4.45. The van der Waals surface area contributed by atoms with Crippen LogP contribution in [0.2, 0.25) is 0 Å². The van der Waals surface area contributed by atoms with Gasteiger partial charge >= 0.3 is 0 Å². The van der Waals surface area contributed by atoms with E-state index in [0.717, 1.165) is 18.4 Å². The Bertz CT molecular complexity index is 365. The molecule has 0 N–H and O–H groups in total. The fraction of sp³-hybridized carbons (Fsp3) is 0.600. The van der Waals surface area contributed by atoms with Gasteiger partial charge in [0.2, 0.25) is 0 Å². The fourth-order valence-corrected chi connectivity index (χ4v) is 3.37. The standard InChI is InChI=1S/C15H20FN/c16-14-4-1-12(2-5-14)3-6-15-11-13-7-9-17(15)10-8-13/h1-2,4-5,13,15H,3,6-11H2. The number of fused-ring (bicyclic) bond motifs is 3. The maximum Gasteiger partial charge on any atom is 0.123 e. The van der Waals surface area contributed by atoms with Crippen LogP contribution in [0.4, 0.5) is 4.39 Å². The van der Waals surface area contributed by atoms with E-state index in [1.54, 1.807) is 12.1 Å². The first-order chi connectivity index (χ1) is 8.31. The first kappa shape index (κ1) is 11.2. The molecule has 1 aromatic carbocycles. The second kappa shape index (κ2) is 4.77. The van der Waals surface area contributed by atoms with Crippen LogP contribution in [-0.2, 0) is 6.42 Å². The van der Waals surface area contributed by atoms with Gasteiger partial charge in [0.15, 0.2) is 0 Å². The number of piperidine rings is 3. The zero-order chi connectivity index (χ0) is 11.7. The van der Waals surface area contributed by atoms with Crippen molar-refractivity contribution in [1.29, 1.82) is 0 Å². The molecule has 2 bridgehead atoms. The van der Waals surface area contributed by atoms with Crippen molar-refractivity contribution in [2.75, 3.05) is 13.1 Å². The maximum atomic E-state index is 12.8. The summed E-state index contributed by atoms with van der Waals surface area (Å²) in [5, 5.41) is 0. The second-order valence-corrected chi connectivity index (χ2v) is 5.53. The Morgan fingerprint density at radius 3 is 2.41 bits per heavy atom. The summed E-state index contributed by atoms with van der Waals surface area (Å²) in [4.78, 5) is 2.66. The van der Waals surface area contributed by atoms with Crippen molar-refractivity contribution >= 4 is 0 Å². The smallest absolute Gasteiger partial charge is 0.123 e. The first-order valence-electron chi connectivity index (χ1n) is 6.80. The van der Waals surface area contributed by atoms with E-state index >= 15 is 0 Å². The summed E-state index contributed by atoms with van der Waals surface area (Å²) in [5.74, 6) is 0.854. The molecule has 1 aromatic rings. The quantitative estimate of drug-likeness (QED) is 0.774. The molecular weight excluding hydrogens is 213 g/mol. The zero-order valence-electron chi connectivity index (χ0n) is 10.2. The van der Waals surface area contributed by atoms with Crippen LogP contribution in [0.15, 0.2) is 24.3 Å². The highest BCUT2D eigenvalue weighted by atomic mass is 19.1. The van der Waals surface area contributed by atoms with E-state index in [0.29, 0.717) is 0 Å². The largest absolute Gasteiger partial charge is 0.300 e. The van der Waals surface area contributed by atoms with Crippen molar-refractivity contribution in [3.63, 3.8) is 0 Å². The minimum atomic E-state index is -0.130. The topological polar surface area (TPSA) is 3.24 Å². The Hall–Kier alpha value is -0.890. The lowest BCUT2D eigenvalue weighted by atomic mass is 9.81. The Morgan fingerprint density at radius 1 is 1.12 bits per heavy atom. The molecule has 3 fully saturated rings. The molecule has 92 valence electrons. The summed E-state index contributed by atoms with van der Waals surface area (Å²) in [6, 6.07) is 7.77. The minimum Gasteiger partial charge on any atom is -0.300 e. The van der Waals surface area contributed by atoms with E-state index in [1.165, 1.54) is 44.3 Å². The van der Waals surface area contributed by atoms with E-state index in [2.05, 4.69) is 4.90 Å². The van der Waals surface area contributed by atoms with Crippen LogP contribution in [0, 0.1) is 11.7 Å². The second-order valence-electron chi connectivity index (χ2n) is 5.53. The lowest BCUT2D eigenvalue weighted by Crippen LogP contribution is -2.48. The minimum absolute atomic E-state index is 0.130. The highest BCUT2D eigenvalue weighted by molar-refractivity contribution is 5.16. The van der Waals surface area contributed by atoms with Crippen molar-refractivity contribution < 1.29 is 4.39 Å². The number of benzene rings is 1. The van der Waals surface area contributed by atoms with Gasteiger partial charge in [-0.2, -0.15) is 0 Å². The van der Waals surface area contributed by atoms with Crippen LogP contribution >= 0.6 is 0 Å². The van der Waals surface area contributed by atoms with Gasteiger partial charge in [-0.1, -0.05) is 12.1 Å². The number of hydrogen-bond acceptors (Lipinski definition) is 1. The van der Waals surface area contributed by atoms with Crippen LogP contribution in [0.25, 0.3) is 0 Å². The van der Waals surface area contributed by atoms with E-state index in [9.17, 15) is 4.39 Å². The molecule has 0 saturated carbocycles. The maximum absolute atomic E-state index is 12.8. The van der Waals surface area contributed by atoms with Gasteiger partial charge in [-0.3, -0.25) is 0 Å². The number of hydrogen-bond donors (Lipinski definition) is 0. The van der Waals surface area contributed by atoms with Gasteiger partial charge in [0.05, 0.1) is 0 Å². The van der Waals surface area contributed by atoms with Gasteiger partial charge in [-0.05, 0) is 68.8 Å². The molecule has 3 saturated heterocycles. The first-order valence-corrected chi connectivity index (χ1v) is 6.80. The number of halogens is 1. The molecule has 0 amide bonds. The van der Waals surface area contributed by atoms with Crippen molar-refractivity contribution in [3.05, 3.63) is 35.6 Å². The van der Waals surface area contributed by atoms with Gasteiger partial charge in [0, 0.05) is 6.04 Å². The van der Waals surface area contributed by atoms with Gasteiger partial charge in [-0.15, -0.1) is 0 Å². The molecule has 0 spiro atoms. The summed E-state index contributed by atoms with van der Waals surface area (Å²) in [6.07, 6.45) is 6.54. The highest BCUT2D eigenvalue weighted by Gasteiger charge is 2.32. The Kier molecular flexibility index (Phi) is 3.15. The molecule has 2 heteroatoms. The third kappa shape index (κ3) is 2.52. The number of rotatable bonds is 3. The van der Waals surface area contributed by atoms with Crippen LogP contribution in [0.5, 0.6) is 0 Å². The molecule has 0 aliphatic carbocycles. The molecule has 3 aliphatic rings. The Morgan fingerprint density at radius 2 is 1.82 bits per heavy atom. The van der Waals surface area contributed by atoms with Crippen LogP contribution < -0.4 is 0 Å². The van der Waals surface area contributed by atoms with E-state index in [1.807, 2.05) is 12.1 Å². The predicted molar refractivity (Wildman–Crippen MR) is 67.4 cm³/mol. The summed E-state index contributed by atoms with van der Waals surface area (Å²) < 4.78 is 12.8. The Labute approximate surface area is 103 Å². The van der Waals surface area contributed by atoms with Gasteiger partial charge in [-0.25, -0.2) is 4.39 Å².